The normalized spacial score (nSPS) is 11.0. The van der Waals surface area contributed by atoms with Gasteiger partial charge in [-0.25, -0.2) is 9.67 Å². The molecular formula is C22H21N5O2S. The van der Waals surface area contributed by atoms with Crippen LogP contribution in [0.1, 0.15) is 16.7 Å². The summed E-state index contributed by atoms with van der Waals surface area (Å²) >= 11 is 1.18. The van der Waals surface area contributed by atoms with Crippen molar-refractivity contribution in [1.29, 1.82) is 0 Å². The molecule has 4 aromatic rings. The lowest BCUT2D eigenvalue weighted by Crippen LogP contribution is -2.16. The van der Waals surface area contributed by atoms with E-state index in [2.05, 4.69) is 20.4 Å². The lowest BCUT2D eigenvalue weighted by atomic mass is 10.1. The quantitative estimate of drug-likeness (QED) is 0.379. The van der Waals surface area contributed by atoms with Gasteiger partial charge >= 0.3 is 0 Å². The second kappa shape index (κ2) is 8.16. The Hall–Kier alpha value is -3.39. The summed E-state index contributed by atoms with van der Waals surface area (Å²) in [6.45, 7) is 5.91. The van der Waals surface area contributed by atoms with Crippen LogP contribution in [-0.2, 0) is 4.79 Å². The van der Waals surface area contributed by atoms with Gasteiger partial charge in [0.1, 0.15) is 5.39 Å². The number of hydrogen-bond acceptors (Lipinski definition) is 5. The molecule has 152 valence electrons. The summed E-state index contributed by atoms with van der Waals surface area (Å²) in [5.41, 5.74) is 4.94. The highest BCUT2D eigenvalue weighted by Crippen LogP contribution is 2.20. The molecule has 0 aliphatic carbocycles. The number of hydrogen-bond donors (Lipinski definition) is 2. The maximum atomic E-state index is 12.5. The third-order valence-electron chi connectivity index (χ3n) is 4.67. The molecule has 1 amide bonds. The zero-order chi connectivity index (χ0) is 21.3. The zero-order valence-corrected chi connectivity index (χ0v) is 17.7. The van der Waals surface area contributed by atoms with Gasteiger partial charge in [-0.3, -0.25) is 9.59 Å². The van der Waals surface area contributed by atoms with Crippen LogP contribution in [0.15, 0.2) is 58.6 Å². The van der Waals surface area contributed by atoms with Gasteiger partial charge < -0.3 is 10.3 Å². The number of aromatic nitrogens is 4. The summed E-state index contributed by atoms with van der Waals surface area (Å²) in [6.07, 6.45) is 1.51. The Morgan fingerprint density at radius 1 is 1.13 bits per heavy atom. The van der Waals surface area contributed by atoms with Gasteiger partial charge in [0.2, 0.25) is 5.91 Å². The van der Waals surface area contributed by atoms with Gasteiger partial charge in [-0.15, -0.1) is 0 Å². The first-order valence-corrected chi connectivity index (χ1v) is 10.4. The third-order valence-corrected chi connectivity index (χ3v) is 5.54. The van der Waals surface area contributed by atoms with Crippen LogP contribution in [-0.4, -0.2) is 31.4 Å². The van der Waals surface area contributed by atoms with Crippen LogP contribution in [0, 0.1) is 20.8 Å². The number of aryl methyl sites for hydroxylation is 3. The number of benzene rings is 2. The third kappa shape index (κ3) is 4.13. The fourth-order valence-corrected chi connectivity index (χ4v) is 3.76. The Labute approximate surface area is 177 Å². The van der Waals surface area contributed by atoms with Crippen LogP contribution in [0.2, 0.25) is 0 Å². The number of carbonyl (C=O) groups excluding carboxylic acids is 1. The molecule has 0 saturated carbocycles. The molecule has 0 radical (unpaired) electrons. The minimum Gasteiger partial charge on any atom is -0.325 e. The molecular weight excluding hydrogens is 398 g/mol. The van der Waals surface area contributed by atoms with Gasteiger partial charge in [-0.05, 0) is 55.7 Å². The second-order valence-electron chi connectivity index (χ2n) is 7.16. The minimum atomic E-state index is -0.281. The fraction of sp³-hybridized carbons (Fsp3) is 0.182. The summed E-state index contributed by atoms with van der Waals surface area (Å²) in [7, 11) is 0. The van der Waals surface area contributed by atoms with Crippen LogP contribution in [0.25, 0.3) is 16.7 Å². The molecule has 0 unspecified atom stereocenters. The van der Waals surface area contributed by atoms with E-state index >= 15 is 0 Å². The van der Waals surface area contributed by atoms with E-state index in [4.69, 9.17) is 0 Å². The van der Waals surface area contributed by atoms with Crippen LogP contribution in [0.5, 0.6) is 0 Å². The first-order chi connectivity index (χ1) is 14.4. The number of amides is 1. The van der Waals surface area contributed by atoms with Crippen molar-refractivity contribution in [1.82, 2.24) is 19.7 Å². The number of anilines is 1. The van der Waals surface area contributed by atoms with E-state index in [1.807, 2.05) is 63.2 Å². The number of rotatable bonds is 5. The van der Waals surface area contributed by atoms with Crippen molar-refractivity contribution in [2.75, 3.05) is 11.1 Å². The Morgan fingerprint density at radius 3 is 2.73 bits per heavy atom. The maximum absolute atomic E-state index is 12.5. The average Bonchev–Trinajstić information content (AvgIpc) is 3.14. The van der Waals surface area contributed by atoms with Crippen molar-refractivity contribution in [3.05, 3.63) is 75.7 Å². The molecule has 0 aliphatic rings. The van der Waals surface area contributed by atoms with Gasteiger partial charge in [-0.1, -0.05) is 36.0 Å². The smallest absolute Gasteiger partial charge is 0.262 e. The number of fused-ring (bicyclic) bond motifs is 1. The monoisotopic (exact) mass is 419 g/mol. The summed E-state index contributed by atoms with van der Waals surface area (Å²) in [4.78, 5) is 32.1. The Balaban J connectivity index is 1.56. The highest BCUT2D eigenvalue weighted by atomic mass is 32.2. The van der Waals surface area contributed by atoms with Crippen LogP contribution in [0.3, 0.4) is 0 Å². The lowest BCUT2D eigenvalue weighted by molar-refractivity contribution is -0.113. The van der Waals surface area contributed by atoms with Gasteiger partial charge in [0.05, 0.1) is 17.6 Å². The molecule has 0 spiro atoms. The van der Waals surface area contributed by atoms with E-state index in [0.29, 0.717) is 16.2 Å². The molecule has 2 N–H and O–H groups in total. The fourth-order valence-electron chi connectivity index (χ4n) is 3.11. The zero-order valence-electron chi connectivity index (χ0n) is 16.9. The average molecular weight is 420 g/mol. The van der Waals surface area contributed by atoms with Gasteiger partial charge in [0.15, 0.2) is 10.8 Å². The Bertz CT molecular complexity index is 1310. The number of carbonyl (C=O) groups is 1. The number of nitrogens with zero attached hydrogens (tertiary/aromatic N) is 3. The molecule has 0 fully saturated rings. The number of aromatic amines is 1. The maximum Gasteiger partial charge on any atom is 0.262 e. The summed E-state index contributed by atoms with van der Waals surface area (Å²) in [5.74, 6) is -0.0379. The molecule has 7 nitrogen and oxygen atoms in total. The second-order valence-corrected chi connectivity index (χ2v) is 8.12. The van der Waals surface area contributed by atoms with Gasteiger partial charge in [0, 0.05) is 5.69 Å². The van der Waals surface area contributed by atoms with E-state index in [0.717, 1.165) is 28.1 Å². The molecule has 0 aliphatic heterocycles. The Morgan fingerprint density at radius 2 is 1.93 bits per heavy atom. The van der Waals surface area contributed by atoms with Crippen molar-refractivity contribution in [2.45, 2.75) is 25.9 Å². The van der Waals surface area contributed by atoms with Crippen molar-refractivity contribution in [3.8, 4) is 5.69 Å². The van der Waals surface area contributed by atoms with E-state index in [9.17, 15) is 9.59 Å². The largest absolute Gasteiger partial charge is 0.325 e. The van der Waals surface area contributed by atoms with Crippen molar-refractivity contribution in [2.24, 2.45) is 0 Å². The predicted molar refractivity (Wildman–Crippen MR) is 119 cm³/mol. The van der Waals surface area contributed by atoms with Gasteiger partial charge in [0.25, 0.3) is 5.56 Å². The minimum absolute atomic E-state index is 0.125. The van der Waals surface area contributed by atoms with Crippen molar-refractivity contribution < 1.29 is 4.79 Å². The Kier molecular flexibility index (Phi) is 5.41. The molecule has 8 heteroatoms. The number of H-pyrrole nitrogens is 1. The molecule has 0 bridgehead atoms. The summed E-state index contributed by atoms with van der Waals surface area (Å²) in [5, 5.41) is 8.01. The first-order valence-electron chi connectivity index (χ1n) is 9.46. The van der Waals surface area contributed by atoms with Gasteiger partial charge in [-0.2, -0.15) is 5.10 Å². The first kappa shape index (κ1) is 19.9. The highest BCUT2D eigenvalue weighted by molar-refractivity contribution is 7.99. The van der Waals surface area contributed by atoms with Crippen molar-refractivity contribution >= 4 is 34.4 Å². The van der Waals surface area contributed by atoms with E-state index < -0.39 is 0 Å². The van der Waals surface area contributed by atoms with E-state index in [1.165, 1.54) is 18.0 Å². The topological polar surface area (TPSA) is 92.7 Å². The molecule has 0 saturated heterocycles. The lowest BCUT2D eigenvalue weighted by Gasteiger charge is -2.09. The standard InChI is InChI=1S/C22H21N5O2S/c1-13-5-4-6-16(9-13)27-20-17(11-23-27)21(29)26-22(25-20)30-12-19(28)24-18-10-14(2)7-8-15(18)3/h4-11H,12H2,1-3H3,(H,24,28)(H,25,26,29). The molecule has 2 aromatic carbocycles. The van der Waals surface area contributed by atoms with E-state index in [1.54, 1.807) is 4.68 Å². The molecule has 0 atom stereocenters. The van der Waals surface area contributed by atoms with Crippen molar-refractivity contribution in [3.63, 3.8) is 0 Å². The van der Waals surface area contributed by atoms with E-state index in [-0.39, 0.29) is 17.2 Å². The molecule has 2 heterocycles. The van der Waals surface area contributed by atoms with Crippen LogP contribution < -0.4 is 10.9 Å². The molecule has 4 rings (SSSR count). The highest BCUT2D eigenvalue weighted by Gasteiger charge is 2.13. The molecule has 2 aromatic heterocycles. The predicted octanol–water partition coefficient (Wildman–Crippen LogP) is 3.76. The van der Waals surface area contributed by atoms with Crippen LogP contribution in [0.4, 0.5) is 5.69 Å². The molecule has 30 heavy (non-hydrogen) atoms. The van der Waals surface area contributed by atoms with Crippen LogP contribution >= 0.6 is 11.8 Å². The number of nitrogens with one attached hydrogen (secondary N) is 2. The summed E-state index contributed by atoms with van der Waals surface area (Å²) in [6, 6.07) is 13.7. The summed E-state index contributed by atoms with van der Waals surface area (Å²) < 4.78 is 1.64. The SMILES string of the molecule is Cc1cccc(-n2ncc3c(=O)[nH]c(SCC(=O)Nc4cc(C)ccc4C)nc32)c1. The number of thioether (sulfide) groups is 1.